The number of nitrogens with two attached hydrogens (primary N) is 3. The smallest absolute Gasteiger partial charge is 0.278 e. The Bertz CT molecular complexity index is 1020. The van der Waals surface area contributed by atoms with Gasteiger partial charge in [0.2, 0.25) is 17.8 Å². The van der Waals surface area contributed by atoms with E-state index in [0.29, 0.717) is 5.82 Å². The van der Waals surface area contributed by atoms with E-state index in [1.807, 2.05) is 0 Å². The molecule has 0 radical (unpaired) electrons. The molecular formula is C9H9N15. The van der Waals surface area contributed by atoms with E-state index < -0.39 is 0 Å². The van der Waals surface area contributed by atoms with E-state index >= 15 is 0 Å². The molecule has 0 aromatic carbocycles. The van der Waals surface area contributed by atoms with E-state index in [2.05, 4.69) is 50.6 Å². The van der Waals surface area contributed by atoms with E-state index in [1.54, 1.807) is 6.92 Å². The van der Waals surface area contributed by atoms with Crippen molar-refractivity contribution in [2.75, 3.05) is 17.2 Å². The van der Waals surface area contributed by atoms with E-state index in [9.17, 15) is 0 Å². The minimum absolute atomic E-state index is 0.0148. The third-order valence-electron chi connectivity index (χ3n) is 2.93. The van der Waals surface area contributed by atoms with Crippen molar-refractivity contribution < 1.29 is 0 Å². The zero-order valence-electron chi connectivity index (χ0n) is 12.1. The van der Waals surface area contributed by atoms with E-state index in [0.717, 1.165) is 0 Å². The Labute approximate surface area is 131 Å². The Morgan fingerprint density at radius 1 is 0.708 bits per heavy atom. The highest BCUT2D eigenvalue weighted by Crippen LogP contribution is 2.19. The summed E-state index contributed by atoms with van der Waals surface area (Å²) in [7, 11) is 0. The molecule has 24 heavy (non-hydrogen) atoms. The molecule has 6 N–H and O–H groups in total. The van der Waals surface area contributed by atoms with Crippen LogP contribution < -0.4 is 17.2 Å². The number of nitrogen functional groups attached to an aromatic ring is 3. The van der Waals surface area contributed by atoms with Crippen molar-refractivity contribution in [3.63, 3.8) is 0 Å². The summed E-state index contributed by atoms with van der Waals surface area (Å²) in [5.74, 6) is 1.05. The van der Waals surface area contributed by atoms with Gasteiger partial charge in [-0.05, 0) is 6.92 Å². The Balaban J connectivity index is 1.82. The molecule has 120 valence electrons. The third kappa shape index (κ3) is 1.99. The van der Waals surface area contributed by atoms with Gasteiger partial charge in [0.25, 0.3) is 23.5 Å². The molecule has 0 amide bonds. The van der Waals surface area contributed by atoms with Gasteiger partial charge in [0.05, 0.1) is 0 Å². The first-order chi connectivity index (χ1) is 11.5. The molecule has 0 saturated carbocycles. The first-order valence-electron chi connectivity index (χ1n) is 6.44. The Morgan fingerprint density at radius 2 is 1.25 bits per heavy atom. The highest BCUT2D eigenvalue weighted by molar-refractivity contribution is 5.47. The van der Waals surface area contributed by atoms with Gasteiger partial charge in [-0.15, -0.1) is 30.6 Å². The number of fused-ring (bicyclic) bond motifs is 2. The van der Waals surface area contributed by atoms with Gasteiger partial charge in [0, 0.05) is 0 Å². The standard InChI is InChI=1S/C9H9N15/c1-2-13-4(11)23-6(14-2)17-19-8(23)21-22-9-20-18-7-16-3(10)15-5(12)24(7)9/h1H3,(H2,11,13,14,17)(H4,10,12,15,16,18). The molecule has 4 heterocycles. The number of aromatic nitrogens is 10. The predicted molar refractivity (Wildman–Crippen MR) is 79.3 cm³/mol. The normalized spacial score (nSPS) is 11.9. The lowest BCUT2D eigenvalue weighted by Gasteiger charge is -1.99. The van der Waals surface area contributed by atoms with Crippen molar-refractivity contribution in [1.29, 1.82) is 0 Å². The first-order valence-corrected chi connectivity index (χ1v) is 6.44. The molecule has 15 heteroatoms. The fraction of sp³-hybridized carbons (Fsp3) is 0.111. The van der Waals surface area contributed by atoms with Crippen LogP contribution >= 0.6 is 0 Å². The van der Waals surface area contributed by atoms with Gasteiger partial charge in [0.1, 0.15) is 5.82 Å². The average molecular weight is 327 g/mol. The van der Waals surface area contributed by atoms with Crippen LogP contribution in [0.4, 0.5) is 29.7 Å². The zero-order chi connectivity index (χ0) is 16.8. The summed E-state index contributed by atoms with van der Waals surface area (Å²) < 4.78 is 2.60. The molecule has 15 nitrogen and oxygen atoms in total. The largest absolute Gasteiger partial charge is 0.369 e. The van der Waals surface area contributed by atoms with Crippen LogP contribution in [0, 0.1) is 6.92 Å². The maximum absolute atomic E-state index is 5.83. The maximum atomic E-state index is 5.83. The molecule has 0 aliphatic carbocycles. The van der Waals surface area contributed by atoms with Gasteiger partial charge in [-0.2, -0.15) is 19.9 Å². The summed E-state index contributed by atoms with van der Waals surface area (Å²) in [6.07, 6.45) is 0. The number of nitrogens with zero attached hydrogens (tertiary/aromatic N) is 12. The molecule has 4 aromatic rings. The molecular weight excluding hydrogens is 318 g/mol. The molecule has 0 saturated heterocycles. The second-order valence-corrected chi connectivity index (χ2v) is 4.54. The molecule has 0 bridgehead atoms. The number of rotatable bonds is 2. The van der Waals surface area contributed by atoms with E-state index in [4.69, 9.17) is 17.2 Å². The molecule has 4 rings (SSSR count). The first kappa shape index (κ1) is 13.6. The summed E-state index contributed by atoms with van der Waals surface area (Å²) in [5, 5.41) is 23.1. The minimum atomic E-state index is -0.0281. The van der Waals surface area contributed by atoms with Crippen molar-refractivity contribution in [3.05, 3.63) is 5.82 Å². The minimum Gasteiger partial charge on any atom is -0.369 e. The van der Waals surface area contributed by atoms with Crippen molar-refractivity contribution in [2.24, 2.45) is 10.2 Å². The lowest BCUT2D eigenvalue weighted by atomic mass is 10.7. The SMILES string of the molecule is Cc1nc(N)n2c(N=Nc3nnc4nc(N)nc(N)n34)nnc2n1. The highest BCUT2D eigenvalue weighted by Gasteiger charge is 2.13. The van der Waals surface area contributed by atoms with Crippen LogP contribution in [0.25, 0.3) is 11.6 Å². The van der Waals surface area contributed by atoms with E-state index in [1.165, 1.54) is 8.80 Å². The Hall–Kier alpha value is -4.04. The summed E-state index contributed by atoms with van der Waals surface area (Å²) in [5.41, 5.74) is 17.1. The Morgan fingerprint density at radius 3 is 1.88 bits per heavy atom. The monoisotopic (exact) mass is 327 g/mol. The summed E-state index contributed by atoms with van der Waals surface area (Å²) in [4.78, 5) is 15.8. The van der Waals surface area contributed by atoms with Crippen LogP contribution in [0.3, 0.4) is 0 Å². The third-order valence-corrected chi connectivity index (χ3v) is 2.93. The van der Waals surface area contributed by atoms with Gasteiger partial charge in [-0.25, -0.2) is 8.80 Å². The molecule has 0 unspecified atom stereocenters. The highest BCUT2D eigenvalue weighted by atomic mass is 15.4. The van der Waals surface area contributed by atoms with Crippen LogP contribution in [0.1, 0.15) is 5.82 Å². The van der Waals surface area contributed by atoms with Gasteiger partial charge >= 0.3 is 0 Å². The number of hydrogen-bond acceptors (Lipinski definition) is 13. The van der Waals surface area contributed by atoms with Crippen molar-refractivity contribution in [2.45, 2.75) is 6.92 Å². The van der Waals surface area contributed by atoms with E-state index in [-0.39, 0.29) is 41.3 Å². The predicted octanol–water partition coefficient (Wildman–Crippen LogP) is -1.18. The topological polar surface area (TPSA) is 215 Å². The van der Waals surface area contributed by atoms with Crippen molar-refractivity contribution >= 4 is 41.3 Å². The zero-order valence-corrected chi connectivity index (χ0v) is 12.1. The maximum Gasteiger partial charge on any atom is 0.278 e. The number of hydrogen-bond donors (Lipinski definition) is 3. The second-order valence-electron chi connectivity index (χ2n) is 4.54. The summed E-state index contributed by atoms with van der Waals surface area (Å²) in [6, 6.07) is 0. The van der Waals surface area contributed by atoms with Gasteiger partial charge < -0.3 is 17.2 Å². The Kier molecular flexibility index (Phi) is 2.68. The second kappa shape index (κ2) is 4.73. The lowest BCUT2D eigenvalue weighted by Crippen LogP contribution is -2.06. The lowest BCUT2D eigenvalue weighted by molar-refractivity contribution is 0.948. The number of aryl methyl sites for hydroxylation is 1. The molecule has 4 aromatic heterocycles. The van der Waals surface area contributed by atoms with Gasteiger partial charge in [0.15, 0.2) is 0 Å². The van der Waals surface area contributed by atoms with Crippen LogP contribution in [0.15, 0.2) is 10.2 Å². The molecule has 0 aliphatic rings. The van der Waals surface area contributed by atoms with Gasteiger partial charge in [-0.3, -0.25) is 0 Å². The summed E-state index contributed by atoms with van der Waals surface area (Å²) >= 11 is 0. The van der Waals surface area contributed by atoms with Crippen LogP contribution in [-0.4, -0.2) is 49.1 Å². The van der Waals surface area contributed by atoms with Crippen LogP contribution in [0.2, 0.25) is 0 Å². The fourth-order valence-corrected chi connectivity index (χ4v) is 1.99. The summed E-state index contributed by atoms with van der Waals surface area (Å²) in [6.45, 7) is 1.68. The molecule has 0 spiro atoms. The molecule has 0 fully saturated rings. The van der Waals surface area contributed by atoms with Crippen LogP contribution in [-0.2, 0) is 0 Å². The molecule has 0 aliphatic heterocycles. The quantitative estimate of drug-likeness (QED) is 0.372. The van der Waals surface area contributed by atoms with Crippen molar-refractivity contribution in [3.8, 4) is 0 Å². The average Bonchev–Trinajstić information content (AvgIpc) is 3.08. The fourth-order valence-electron chi connectivity index (χ4n) is 1.99. The number of anilines is 3. The molecule has 0 atom stereocenters. The van der Waals surface area contributed by atoms with Crippen LogP contribution in [0.5, 0.6) is 0 Å². The number of azo groups is 1. The van der Waals surface area contributed by atoms with Gasteiger partial charge in [-0.1, -0.05) is 0 Å². The van der Waals surface area contributed by atoms with Crippen molar-refractivity contribution in [1.82, 2.24) is 49.1 Å².